The molecule has 0 bridgehead atoms. The summed E-state index contributed by atoms with van der Waals surface area (Å²) in [7, 11) is 0.305. The molecule has 0 unspecified atom stereocenters. The third-order valence-electron chi connectivity index (χ3n) is 13.8. The van der Waals surface area contributed by atoms with Gasteiger partial charge in [0.25, 0.3) is 0 Å². The van der Waals surface area contributed by atoms with E-state index in [1.54, 1.807) is 38.1 Å². The van der Waals surface area contributed by atoms with Gasteiger partial charge in [-0.15, -0.1) is 0 Å². The van der Waals surface area contributed by atoms with Crippen molar-refractivity contribution in [3.63, 3.8) is 0 Å². The van der Waals surface area contributed by atoms with Crippen LogP contribution in [0.2, 0.25) is 18.1 Å². The van der Waals surface area contributed by atoms with Gasteiger partial charge in [-0.1, -0.05) is 164 Å². The zero-order chi connectivity index (χ0) is 54.8. The Bertz CT molecular complexity index is 2410. The molecule has 6 atom stereocenters. The number of likely N-dealkylation sites (N-methyl/N-ethyl adjacent to an activating group) is 1. The van der Waals surface area contributed by atoms with Crippen molar-refractivity contribution >= 4 is 37.9 Å². The summed E-state index contributed by atoms with van der Waals surface area (Å²) in [5.41, 5.74) is 13.1. The lowest BCUT2D eigenvalue weighted by molar-refractivity contribution is -0.147. The third kappa shape index (κ3) is 19.5. The molecule has 0 saturated heterocycles. The van der Waals surface area contributed by atoms with E-state index in [9.17, 15) is 29.5 Å². The highest BCUT2D eigenvalue weighted by Crippen LogP contribution is 2.28. The molecule has 0 aliphatic rings. The van der Waals surface area contributed by atoms with Crippen molar-refractivity contribution in [2.45, 2.75) is 167 Å². The first-order valence-electron chi connectivity index (χ1n) is 26.6. The summed E-state index contributed by atoms with van der Waals surface area (Å²) in [5, 5.41) is 12.6. The standard InChI is InChI=1S/C58H81N7O9Si/c1-10-14-15-16-23-28-49(63-64-59)53(74-75(11-2,12-3)13-4)56(68)60-42(7)54(66)62-52(41(5)6)57(69)65(8)51(38-44-31-35-48(36-32-44)73-40-46-26-21-18-22-27-46)55(67)61-50(58(70)71-9)37-43-29-33-47(34-30-43)72-39-45-24-19-17-20-25-45/h17-22,24-27,29-36,41-42,49-53H,10-16,23,28,37-40H2,1-9H3,(H,60,68)(H,61,67)(H,62,66)/t42-,49+,50-,51-,52-,53-/m0/s1. The SMILES string of the molecule is CCCCCCC[C@@H](N=[N+]=[N-])[C@H](O[Si](CC)(CC)CC)C(=O)N[C@@H](C)C(=O)N[C@H](C(=O)N(C)[C@@H](Cc1ccc(OCc2ccccc2)cc1)C(=O)N[C@@H](Cc1ccc(OCc2ccccc2)cc1)C(=O)OC)C(C)C. The van der Waals surface area contributed by atoms with Gasteiger partial charge in [0, 0.05) is 24.8 Å². The van der Waals surface area contributed by atoms with Gasteiger partial charge in [-0.05, 0) is 89.4 Å². The predicted molar refractivity (Wildman–Crippen MR) is 295 cm³/mol. The highest BCUT2D eigenvalue weighted by atomic mass is 28.4. The van der Waals surface area contributed by atoms with Crippen molar-refractivity contribution < 1.29 is 42.6 Å². The van der Waals surface area contributed by atoms with Crippen LogP contribution in [-0.4, -0.2) is 93.3 Å². The minimum atomic E-state index is -2.43. The Morgan fingerprint density at radius 2 is 1.16 bits per heavy atom. The molecule has 0 aliphatic carbocycles. The molecule has 4 rings (SSSR count). The normalized spacial score (nSPS) is 13.7. The maximum Gasteiger partial charge on any atom is 0.328 e. The van der Waals surface area contributed by atoms with E-state index in [1.807, 2.05) is 106 Å². The molecular weight excluding hydrogens is 967 g/mol. The Kier molecular flexibility index (Phi) is 25.9. The second kappa shape index (κ2) is 31.9. The highest BCUT2D eigenvalue weighted by Gasteiger charge is 2.40. The number of azide groups is 1. The van der Waals surface area contributed by atoms with Gasteiger partial charge in [-0.2, -0.15) is 0 Å². The quantitative estimate of drug-likeness (QED) is 0.0103. The molecule has 0 fully saturated rings. The zero-order valence-corrected chi connectivity index (χ0v) is 46.6. The summed E-state index contributed by atoms with van der Waals surface area (Å²) >= 11 is 0. The summed E-state index contributed by atoms with van der Waals surface area (Å²) in [6.07, 6.45) is 4.29. The zero-order valence-electron chi connectivity index (χ0n) is 45.6. The third-order valence-corrected chi connectivity index (χ3v) is 18.5. The van der Waals surface area contributed by atoms with Crippen molar-refractivity contribution in [3.05, 3.63) is 142 Å². The van der Waals surface area contributed by atoms with E-state index in [0.29, 0.717) is 36.7 Å². The number of hydrogen-bond acceptors (Lipinski definition) is 10. The number of nitrogens with zero attached hydrogens (tertiary/aromatic N) is 4. The molecule has 16 nitrogen and oxygen atoms in total. The molecule has 4 aromatic carbocycles. The number of carbonyl (C=O) groups excluding carboxylic acids is 5. The molecule has 0 aliphatic heterocycles. The van der Waals surface area contributed by atoms with Gasteiger partial charge in [0.15, 0.2) is 8.32 Å². The smallest absolute Gasteiger partial charge is 0.328 e. The number of benzene rings is 4. The van der Waals surface area contributed by atoms with Gasteiger partial charge in [0.2, 0.25) is 23.6 Å². The van der Waals surface area contributed by atoms with Crippen molar-refractivity contribution in [2.24, 2.45) is 11.0 Å². The molecule has 4 amide bonds. The van der Waals surface area contributed by atoms with Gasteiger partial charge in [0.05, 0.1) is 13.2 Å². The van der Waals surface area contributed by atoms with E-state index in [-0.39, 0.29) is 12.8 Å². The molecular formula is C58H81N7O9Si. The number of amides is 4. The lowest BCUT2D eigenvalue weighted by Crippen LogP contribution is -2.60. The summed E-state index contributed by atoms with van der Waals surface area (Å²) in [5.74, 6) is -2.31. The average Bonchev–Trinajstić information content (AvgIpc) is 3.43. The van der Waals surface area contributed by atoms with Crippen LogP contribution >= 0.6 is 0 Å². The Labute approximate surface area is 445 Å². The van der Waals surface area contributed by atoms with E-state index >= 15 is 0 Å². The van der Waals surface area contributed by atoms with Crippen LogP contribution in [0, 0.1) is 5.92 Å². The summed E-state index contributed by atoms with van der Waals surface area (Å²) in [6.45, 7) is 14.1. The number of carbonyl (C=O) groups is 5. The Morgan fingerprint density at radius 1 is 0.640 bits per heavy atom. The number of esters is 1. The van der Waals surface area contributed by atoms with Crippen LogP contribution in [0.5, 0.6) is 11.5 Å². The van der Waals surface area contributed by atoms with Gasteiger partial charge in [0.1, 0.15) is 55.0 Å². The maximum atomic E-state index is 14.8. The molecule has 0 spiro atoms. The van der Waals surface area contributed by atoms with Gasteiger partial charge in [-0.3, -0.25) is 19.2 Å². The summed E-state index contributed by atoms with van der Waals surface area (Å²) in [6, 6.07) is 30.8. The molecule has 4 aromatic rings. The first-order chi connectivity index (χ1) is 36.1. The highest BCUT2D eigenvalue weighted by molar-refractivity contribution is 6.73. The monoisotopic (exact) mass is 1050 g/mol. The van der Waals surface area contributed by atoms with Crippen molar-refractivity contribution in [1.29, 1.82) is 0 Å². The van der Waals surface area contributed by atoms with Crippen molar-refractivity contribution in [3.8, 4) is 11.5 Å². The van der Waals surface area contributed by atoms with Crippen LogP contribution in [0.1, 0.15) is 109 Å². The van der Waals surface area contributed by atoms with E-state index in [1.165, 1.54) is 26.0 Å². The molecule has 0 radical (unpaired) electrons. The fourth-order valence-corrected chi connectivity index (χ4v) is 11.6. The lowest BCUT2D eigenvalue weighted by atomic mass is 9.98. The Morgan fingerprint density at radius 3 is 1.64 bits per heavy atom. The van der Waals surface area contributed by atoms with E-state index in [4.69, 9.17) is 18.6 Å². The van der Waals surface area contributed by atoms with Crippen molar-refractivity contribution in [2.75, 3.05) is 14.2 Å². The van der Waals surface area contributed by atoms with E-state index in [2.05, 4.69) is 32.9 Å². The van der Waals surface area contributed by atoms with Crippen LogP contribution in [0.15, 0.2) is 114 Å². The van der Waals surface area contributed by atoms with Gasteiger partial charge in [-0.25, -0.2) is 4.79 Å². The van der Waals surface area contributed by atoms with Crippen LogP contribution in [-0.2, 0) is 59.2 Å². The lowest BCUT2D eigenvalue weighted by Gasteiger charge is -2.36. The second-order valence-corrected chi connectivity index (χ2v) is 24.2. The van der Waals surface area contributed by atoms with E-state index in [0.717, 1.165) is 66.9 Å². The van der Waals surface area contributed by atoms with E-state index < -0.39 is 80.1 Å². The van der Waals surface area contributed by atoms with Crippen molar-refractivity contribution in [1.82, 2.24) is 20.9 Å². The largest absolute Gasteiger partial charge is 0.489 e. The van der Waals surface area contributed by atoms with Crippen LogP contribution in [0.4, 0.5) is 0 Å². The predicted octanol–water partition coefficient (Wildman–Crippen LogP) is 10.2. The molecule has 0 heterocycles. The number of methoxy groups -OCH3 is 1. The molecule has 406 valence electrons. The second-order valence-electron chi connectivity index (χ2n) is 19.5. The summed E-state index contributed by atoms with van der Waals surface area (Å²) < 4.78 is 23.9. The fraction of sp³-hybridized carbons (Fsp3) is 0.500. The first-order valence-corrected chi connectivity index (χ1v) is 29.1. The minimum absolute atomic E-state index is 0.0318. The van der Waals surface area contributed by atoms with Crippen LogP contribution in [0.25, 0.3) is 10.4 Å². The molecule has 75 heavy (non-hydrogen) atoms. The van der Waals surface area contributed by atoms with Crippen LogP contribution < -0.4 is 25.4 Å². The Hall–Kier alpha value is -6.68. The van der Waals surface area contributed by atoms with Gasteiger partial charge < -0.3 is 39.5 Å². The number of ether oxygens (including phenoxy) is 3. The fourth-order valence-electron chi connectivity index (χ4n) is 8.79. The topological polar surface area (TPSA) is 210 Å². The van der Waals surface area contributed by atoms with Crippen LogP contribution in [0.3, 0.4) is 0 Å². The van der Waals surface area contributed by atoms with Gasteiger partial charge >= 0.3 is 5.97 Å². The minimum Gasteiger partial charge on any atom is -0.489 e. The number of hydrogen-bond donors (Lipinski definition) is 3. The maximum absolute atomic E-state index is 14.8. The summed E-state index contributed by atoms with van der Waals surface area (Å²) in [4.78, 5) is 75.6. The molecule has 17 heteroatoms. The average molecular weight is 1050 g/mol. The number of unbranched alkanes of at least 4 members (excludes halogenated alkanes) is 4. The molecule has 0 saturated carbocycles. The Balaban J connectivity index is 1.58. The number of rotatable bonds is 33. The first kappa shape index (κ1) is 60.9. The molecule has 0 aromatic heterocycles. The number of nitrogens with one attached hydrogen (secondary N) is 3. The molecule has 3 N–H and O–H groups in total.